The quantitative estimate of drug-likeness (QED) is 0.882. The fourth-order valence-corrected chi connectivity index (χ4v) is 3.20. The molecule has 0 spiro atoms. The van der Waals surface area contributed by atoms with Crippen LogP contribution in [0.15, 0.2) is 12.1 Å². The zero-order valence-electron chi connectivity index (χ0n) is 12.4. The standard InChI is InChI=1S/C16H26N2/c1-11-6-7-15(13(3)12(11)2)16(18(4)5)14-8-9-17-10-14/h6-7,14,16-17H,8-10H2,1-5H3. The Bertz CT molecular complexity index is 417. The highest BCUT2D eigenvalue weighted by molar-refractivity contribution is 5.40. The van der Waals surface area contributed by atoms with Crippen LogP contribution < -0.4 is 5.32 Å². The van der Waals surface area contributed by atoms with E-state index in [1.54, 1.807) is 0 Å². The van der Waals surface area contributed by atoms with Gasteiger partial charge in [0.2, 0.25) is 0 Å². The topological polar surface area (TPSA) is 15.3 Å². The van der Waals surface area contributed by atoms with E-state index in [4.69, 9.17) is 0 Å². The molecule has 2 rings (SSSR count). The largest absolute Gasteiger partial charge is 0.316 e. The Hall–Kier alpha value is -0.860. The Labute approximate surface area is 111 Å². The first kappa shape index (κ1) is 13.6. The smallest absolute Gasteiger partial charge is 0.0385 e. The van der Waals surface area contributed by atoms with E-state index in [1.165, 1.54) is 35.2 Å². The van der Waals surface area contributed by atoms with Crippen molar-refractivity contribution in [2.45, 2.75) is 33.2 Å². The third-order valence-corrected chi connectivity index (χ3v) is 4.52. The lowest BCUT2D eigenvalue weighted by molar-refractivity contribution is 0.222. The Kier molecular flexibility index (Phi) is 4.08. The van der Waals surface area contributed by atoms with E-state index in [9.17, 15) is 0 Å². The molecule has 0 aliphatic carbocycles. The van der Waals surface area contributed by atoms with Crippen molar-refractivity contribution in [2.75, 3.05) is 27.2 Å². The van der Waals surface area contributed by atoms with Crippen LogP contribution in [-0.2, 0) is 0 Å². The number of aryl methyl sites for hydroxylation is 1. The van der Waals surface area contributed by atoms with E-state index in [-0.39, 0.29) is 0 Å². The SMILES string of the molecule is Cc1ccc(C(C2CCNC2)N(C)C)c(C)c1C. The van der Waals surface area contributed by atoms with Gasteiger partial charge in [-0.05, 0) is 82.5 Å². The molecule has 0 amide bonds. The molecule has 0 radical (unpaired) electrons. The molecule has 1 N–H and O–H groups in total. The summed E-state index contributed by atoms with van der Waals surface area (Å²) >= 11 is 0. The molecule has 0 aromatic heterocycles. The van der Waals surface area contributed by atoms with Crippen molar-refractivity contribution in [3.05, 3.63) is 34.4 Å². The van der Waals surface area contributed by atoms with E-state index in [2.05, 4.69) is 57.2 Å². The summed E-state index contributed by atoms with van der Waals surface area (Å²) in [6.45, 7) is 9.03. The highest BCUT2D eigenvalue weighted by Gasteiger charge is 2.29. The average Bonchev–Trinajstić information content (AvgIpc) is 2.83. The third kappa shape index (κ3) is 2.45. The number of benzene rings is 1. The normalized spacial score (nSPS) is 21.6. The number of hydrogen-bond acceptors (Lipinski definition) is 2. The highest BCUT2D eigenvalue weighted by atomic mass is 15.1. The summed E-state index contributed by atoms with van der Waals surface area (Å²) in [4.78, 5) is 2.38. The average molecular weight is 246 g/mol. The first-order chi connectivity index (χ1) is 8.52. The second-order valence-electron chi connectivity index (χ2n) is 5.88. The van der Waals surface area contributed by atoms with Gasteiger partial charge in [0.05, 0.1) is 0 Å². The number of hydrogen-bond donors (Lipinski definition) is 1. The van der Waals surface area contributed by atoms with Gasteiger partial charge in [-0.1, -0.05) is 12.1 Å². The number of nitrogens with one attached hydrogen (secondary N) is 1. The van der Waals surface area contributed by atoms with Crippen LogP contribution in [0.5, 0.6) is 0 Å². The van der Waals surface area contributed by atoms with Crippen molar-refractivity contribution in [3.8, 4) is 0 Å². The zero-order chi connectivity index (χ0) is 13.3. The predicted octanol–water partition coefficient (Wildman–Crippen LogP) is 2.82. The summed E-state index contributed by atoms with van der Waals surface area (Å²) in [6.07, 6.45) is 1.29. The molecule has 2 nitrogen and oxygen atoms in total. The van der Waals surface area contributed by atoms with Gasteiger partial charge in [-0.2, -0.15) is 0 Å². The van der Waals surface area contributed by atoms with Crippen LogP contribution in [-0.4, -0.2) is 32.1 Å². The molecule has 100 valence electrons. The summed E-state index contributed by atoms with van der Waals surface area (Å²) in [5.41, 5.74) is 5.83. The van der Waals surface area contributed by atoms with Crippen molar-refractivity contribution in [1.82, 2.24) is 10.2 Å². The minimum atomic E-state index is 0.541. The molecule has 2 unspecified atom stereocenters. The summed E-state index contributed by atoms with van der Waals surface area (Å²) in [7, 11) is 4.41. The van der Waals surface area contributed by atoms with E-state index in [1.807, 2.05) is 0 Å². The molecular formula is C16H26N2. The van der Waals surface area contributed by atoms with E-state index < -0.39 is 0 Å². The van der Waals surface area contributed by atoms with Crippen molar-refractivity contribution >= 4 is 0 Å². The van der Waals surface area contributed by atoms with Gasteiger partial charge in [0.25, 0.3) is 0 Å². The summed E-state index contributed by atoms with van der Waals surface area (Å²) in [5, 5.41) is 3.50. The van der Waals surface area contributed by atoms with Gasteiger partial charge in [0.1, 0.15) is 0 Å². The Morgan fingerprint density at radius 2 is 1.89 bits per heavy atom. The molecule has 1 aromatic rings. The molecule has 0 saturated carbocycles. The maximum Gasteiger partial charge on any atom is 0.0385 e. The highest BCUT2D eigenvalue weighted by Crippen LogP contribution is 2.34. The summed E-state index contributed by atoms with van der Waals surface area (Å²) < 4.78 is 0. The van der Waals surface area contributed by atoms with Crippen LogP contribution in [0.2, 0.25) is 0 Å². The number of rotatable bonds is 3. The minimum absolute atomic E-state index is 0.541. The van der Waals surface area contributed by atoms with Crippen LogP contribution in [0, 0.1) is 26.7 Å². The molecule has 1 saturated heterocycles. The second-order valence-corrected chi connectivity index (χ2v) is 5.88. The van der Waals surface area contributed by atoms with Crippen molar-refractivity contribution in [3.63, 3.8) is 0 Å². The van der Waals surface area contributed by atoms with E-state index in [0.717, 1.165) is 12.5 Å². The summed E-state index contributed by atoms with van der Waals surface area (Å²) in [5.74, 6) is 0.737. The van der Waals surface area contributed by atoms with E-state index >= 15 is 0 Å². The molecule has 18 heavy (non-hydrogen) atoms. The fourth-order valence-electron chi connectivity index (χ4n) is 3.20. The van der Waals surface area contributed by atoms with Gasteiger partial charge in [0.15, 0.2) is 0 Å². The molecule has 1 fully saturated rings. The molecule has 2 heteroatoms. The number of nitrogens with zero attached hydrogens (tertiary/aromatic N) is 1. The van der Waals surface area contributed by atoms with Gasteiger partial charge in [0, 0.05) is 6.04 Å². The monoisotopic (exact) mass is 246 g/mol. The van der Waals surface area contributed by atoms with E-state index in [0.29, 0.717) is 6.04 Å². The second kappa shape index (κ2) is 5.41. The predicted molar refractivity (Wildman–Crippen MR) is 78.1 cm³/mol. The Balaban J connectivity index is 2.39. The first-order valence-electron chi connectivity index (χ1n) is 6.96. The lowest BCUT2D eigenvalue weighted by Crippen LogP contribution is -2.29. The first-order valence-corrected chi connectivity index (χ1v) is 6.96. The molecule has 2 atom stereocenters. The molecule has 1 aliphatic heterocycles. The zero-order valence-corrected chi connectivity index (χ0v) is 12.4. The minimum Gasteiger partial charge on any atom is -0.316 e. The van der Waals surface area contributed by atoms with Crippen LogP contribution in [0.4, 0.5) is 0 Å². The van der Waals surface area contributed by atoms with Crippen LogP contribution >= 0.6 is 0 Å². The molecule has 0 bridgehead atoms. The summed E-state index contributed by atoms with van der Waals surface area (Å²) in [6, 6.07) is 5.15. The lowest BCUT2D eigenvalue weighted by Gasteiger charge is -2.32. The third-order valence-electron chi connectivity index (χ3n) is 4.52. The van der Waals surface area contributed by atoms with Gasteiger partial charge in [-0.15, -0.1) is 0 Å². The van der Waals surface area contributed by atoms with Crippen molar-refractivity contribution in [2.24, 2.45) is 5.92 Å². The Morgan fingerprint density at radius 3 is 2.44 bits per heavy atom. The van der Waals surface area contributed by atoms with Gasteiger partial charge in [-0.3, -0.25) is 0 Å². The van der Waals surface area contributed by atoms with Crippen molar-refractivity contribution in [1.29, 1.82) is 0 Å². The maximum atomic E-state index is 3.50. The fraction of sp³-hybridized carbons (Fsp3) is 0.625. The van der Waals surface area contributed by atoms with Crippen molar-refractivity contribution < 1.29 is 0 Å². The maximum absolute atomic E-state index is 3.50. The van der Waals surface area contributed by atoms with Crippen LogP contribution in [0.1, 0.15) is 34.7 Å². The lowest BCUT2D eigenvalue weighted by atomic mass is 9.86. The molecule has 1 aliphatic rings. The molecular weight excluding hydrogens is 220 g/mol. The van der Waals surface area contributed by atoms with Crippen LogP contribution in [0.25, 0.3) is 0 Å². The molecule has 1 heterocycles. The molecule has 1 aromatic carbocycles. The van der Waals surface area contributed by atoms with Gasteiger partial charge < -0.3 is 10.2 Å². The Morgan fingerprint density at radius 1 is 1.17 bits per heavy atom. The van der Waals surface area contributed by atoms with Gasteiger partial charge in [-0.25, -0.2) is 0 Å². The van der Waals surface area contributed by atoms with Crippen LogP contribution in [0.3, 0.4) is 0 Å². The van der Waals surface area contributed by atoms with Gasteiger partial charge >= 0.3 is 0 Å².